The van der Waals surface area contributed by atoms with Crippen LogP contribution in [0.2, 0.25) is 0 Å². The minimum Gasteiger partial charge on any atom is -0.379 e. The molecule has 1 aromatic heterocycles. The standard InChI is InChI=1S/C16H21N3O2/c1-2-14-13-5-3-4-6-15(13)19(16(20)17-14)8-7-18-9-11-21-12-10-18/h3-6H,2,7-12H2,1H3. The number of rotatable bonds is 4. The lowest BCUT2D eigenvalue weighted by Crippen LogP contribution is -2.39. The molecule has 0 saturated carbocycles. The number of para-hydroxylation sites is 1. The summed E-state index contributed by atoms with van der Waals surface area (Å²) in [6.07, 6.45) is 0.778. The number of fused-ring (bicyclic) bond motifs is 1. The van der Waals surface area contributed by atoms with Gasteiger partial charge < -0.3 is 4.74 Å². The second-order valence-corrected chi connectivity index (χ2v) is 5.32. The van der Waals surface area contributed by atoms with Gasteiger partial charge in [0.2, 0.25) is 0 Å². The third kappa shape index (κ3) is 2.99. The van der Waals surface area contributed by atoms with Gasteiger partial charge in [-0.05, 0) is 12.5 Å². The van der Waals surface area contributed by atoms with Crippen molar-refractivity contribution in [1.82, 2.24) is 14.5 Å². The van der Waals surface area contributed by atoms with Gasteiger partial charge in [0, 0.05) is 31.6 Å². The van der Waals surface area contributed by atoms with Crippen LogP contribution in [0.1, 0.15) is 12.6 Å². The molecule has 0 atom stereocenters. The van der Waals surface area contributed by atoms with Gasteiger partial charge in [0.25, 0.3) is 0 Å². The fourth-order valence-electron chi connectivity index (χ4n) is 2.84. The molecule has 0 unspecified atom stereocenters. The molecular formula is C16H21N3O2. The third-order valence-electron chi connectivity index (χ3n) is 4.05. The summed E-state index contributed by atoms with van der Waals surface area (Å²) < 4.78 is 7.15. The van der Waals surface area contributed by atoms with Gasteiger partial charge in [-0.25, -0.2) is 4.79 Å². The zero-order valence-corrected chi connectivity index (χ0v) is 12.4. The highest BCUT2D eigenvalue weighted by Crippen LogP contribution is 2.15. The Bertz CT molecular complexity index is 675. The van der Waals surface area contributed by atoms with E-state index in [9.17, 15) is 4.79 Å². The van der Waals surface area contributed by atoms with E-state index in [2.05, 4.69) is 9.88 Å². The summed E-state index contributed by atoms with van der Waals surface area (Å²) in [6.45, 7) is 7.01. The maximum Gasteiger partial charge on any atom is 0.348 e. The zero-order chi connectivity index (χ0) is 14.7. The van der Waals surface area contributed by atoms with Crippen molar-refractivity contribution in [3.63, 3.8) is 0 Å². The van der Waals surface area contributed by atoms with Crippen molar-refractivity contribution in [3.8, 4) is 0 Å². The summed E-state index contributed by atoms with van der Waals surface area (Å²) in [5.41, 5.74) is 1.74. The first kappa shape index (κ1) is 14.2. The van der Waals surface area contributed by atoms with E-state index < -0.39 is 0 Å². The number of aryl methyl sites for hydroxylation is 1. The summed E-state index contributed by atoms with van der Waals surface area (Å²) in [5.74, 6) is 0. The van der Waals surface area contributed by atoms with Crippen LogP contribution in [0.3, 0.4) is 0 Å². The molecule has 5 heteroatoms. The normalized spacial score (nSPS) is 16.4. The lowest BCUT2D eigenvalue weighted by atomic mass is 10.1. The first-order valence-corrected chi connectivity index (χ1v) is 7.58. The molecule has 0 N–H and O–H groups in total. The van der Waals surface area contributed by atoms with Crippen LogP contribution in [0.4, 0.5) is 0 Å². The van der Waals surface area contributed by atoms with Crippen LogP contribution >= 0.6 is 0 Å². The number of aromatic nitrogens is 2. The average Bonchev–Trinajstić information content (AvgIpc) is 2.54. The second-order valence-electron chi connectivity index (χ2n) is 5.32. The van der Waals surface area contributed by atoms with Crippen molar-refractivity contribution in [2.45, 2.75) is 19.9 Å². The smallest absolute Gasteiger partial charge is 0.348 e. The van der Waals surface area contributed by atoms with Gasteiger partial charge in [0.05, 0.1) is 24.4 Å². The lowest BCUT2D eigenvalue weighted by Gasteiger charge is -2.26. The Balaban J connectivity index is 1.90. The number of benzene rings is 1. The van der Waals surface area contributed by atoms with Crippen LogP contribution < -0.4 is 5.69 Å². The molecule has 3 rings (SSSR count). The topological polar surface area (TPSA) is 47.4 Å². The van der Waals surface area contributed by atoms with Crippen LogP contribution in [0.25, 0.3) is 10.9 Å². The summed E-state index contributed by atoms with van der Waals surface area (Å²) in [7, 11) is 0. The Morgan fingerprint density at radius 2 is 1.95 bits per heavy atom. The number of ether oxygens (including phenoxy) is 1. The van der Waals surface area contributed by atoms with E-state index in [0.717, 1.165) is 55.9 Å². The highest BCUT2D eigenvalue weighted by molar-refractivity contribution is 5.81. The van der Waals surface area contributed by atoms with Crippen LogP contribution in [-0.2, 0) is 17.7 Å². The molecule has 2 aromatic rings. The quantitative estimate of drug-likeness (QED) is 0.850. The molecule has 0 bridgehead atoms. The van der Waals surface area contributed by atoms with Gasteiger partial charge in [-0.1, -0.05) is 25.1 Å². The Morgan fingerprint density at radius 3 is 2.71 bits per heavy atom. The highest BCUT2D eigenvalue weighted by atomic mass is 16.5. The number of hydrogen-bond acceptors (Lipinski definition) is 4. The molecule has 1 aromatic carbocycles. The van der Waals surface area contributed by atoms with Gasteiger partial charge in [-0.3, -0.25) is 9.47 Å². The second kappa shape index (κ2) is 6.37. The van der Waals surface area contributed by atoms with Crippen LogP contribution in [0, 0.1) is 0 Å². The van der Waals surface area contributed by atoms with E-state index >= 15 is 0 Å². The Hall–Kier alpha value is -1.72. The molecule has 112 valence electrons. The van der Waals surface area contributed by atoms with Gasteiger partial charge >= 0.3 is 5.69 Å². The van der Waals surface area contributed by atoms with Gasteiger partial charge in [0.1, 0.15) is 0 Å². The fraction of sp³-hybridized carbons (Fsp3) is 0.500. The Kier molecular flexibility index (Phi) is 4.31. The molecule has 5 nitrogen and oxygen atoms in total. The summed E-state index contributed by atoms with van der Waals surface area (Å²) in [6, 6.07) is 8.04. The minimum atomic E-state index is -0.140. The van der Waals surface area contributed by atoms with E-state index in [0.29, 0.717) is 6.54 Å². The number of morpholine rings is 1. The number of hydrogen-bond donors (Lipinski definition) is 0. The third-order valence-corrected chi connectivity index (χ3v) is 4.05. The summed E-state index contributed by atoms with van der Waals surface area (Å²) >= 11 is 0. The maximum absolute atomic E-state index is 12.3. The van der Waals surface area contributed by atoms with Crippen molar-refractivity contribution >= 4 is 10.9 Å². The van der Waals surface area contributed by atoms with E-state index in [4.69, 9.17) is 4.74 Å². The van der Waals surface area contributed by atoms with Crippen LogP contribution in [0.15, 0.2) is 29.1 Å². The summed E-state index contributed by atoms with van der Waals surface area (Å²) in [5, 5.41) is 1.08. The monoisotopic (exact) mass is 287 g/mol. The molecule has 0 spiro atoms. The Labute approximate surface area is 124 Å². The molecule has 0 aliphatic carbocycles. The first-order valence-electron chi connectivity index (χ1n) is 7.58. The molecule has 2 heterocycles. The van der Waals surface area contributed by atoms with Crippen molar-refractivity contribution in [3.05, 3.63) is 40.4 Å². The average molecular weight is 287 g/mol. The fourth-order valence-corrected chi connectivity index (χ4v) is 2.84. The maximum atomic E-state index is 12.3. The van der Waals surface area contributed by atoms with E-state index in [-0.39, 0.29) is 5.69 Å². The van der Waals surface area contributed by atoms with E-state index in [1.165, 1.54) is 0 Å². The lowest BCUT2D eigenvalue weighted by molar-refractivity contribution is 0.0364. The van der Waals surface area contributed by atoms with Crippen molar-refractivity contribution in [2.75, 3.05) is 32.8 Å². The largest absolute Gasteiger partial charge is 0.379 e. The van der Waals surface area contributed by atoms with Crippen molar-refractivity contribution < 1.29 is 4.74 Å². The predicted octanol–water partition coefficient (Wildman–Crippen LogP) is 1.29. The molecule has 1 fully saturated rings. The molecule has 0 amide bonds. The van der Waals surface area contributed by atoms with Gasteiger partial charge in [-0.2, -0.15) is 4.98 Å². The SMILES string of the molecule is CCc1nc(=O)n(CCN2CCOCC2)c2ccccc12. The van der Waals surface area contributed by atoms with Crippen LogP contribution in [-0.4, -0.2) is 47.3 Å². The van der Waals surface area contributed by atoms with Crippen LogP contribution in [0.5, 0.6) is 0 Å². The minimum absolute atomic E-state index is 0.140. The molecule has 1 aliphatic heterocycles. The first-order chi connectivity index (χ1) is 10.3. The van der Waals surface area contributed by atoms with E-state index in [1.54, 1.807) is 4.57 Å². The molecule has 1 saturated heterocycles. The molecule has 1 aliphatic rings. The van der Waals surface area contributed by atoms with Crippen molar-refractivity contribution in [2.24, 2.45) is 0 Å². The molecule has 0 radical (unpaired) electrons. The predicted molar refractivity (Wildman–Crippen MR) is 82.6 cm³/mol. The zero-order valence-electron chi connectivity index (χ0n) is 12.4. The van der Waals surface area contributed by atoms with Gasteiger partial charge in [-0.15, -0.1) is 0 Å². The highest BCUT2D eigenvalue weighted by Gasteiger charge is 2.13. The number of nitrogens with zero attached hydrogens (tertiary/aromatic N) is 3. The van der Waals surface area contributed by atoms with E-state index in [1.807, 2.05) is 31.2 Å². The summed E-state index contributed by atoms with van der Waals surface area (Å²) in [4.78, 5) is 18.9. The molecular weight excluding hydrogens is 266 g/mol. The molecule has 21 heavy (non-hydrogen) atoms. The van der Waals surface area contributed by atoms with Gasteiger partial charge in [0.15, 0.2) is 0 Å². The van der Waals surface area contributed by atoms with Crippen molar-refractivity contribution in [1.29, 1.82) is 0 Å². The Morgan fingerprint density at radius 1 is 1.19 bits per heavy atom.